The predicted molar refractivity (Wildman–Crippen MR) is 101 cm³/mol. The smallest absolute Gasteiger partial charge is 0.225 e. The zero-order valence-electron chi connectivity index (χ0n) is 14.7. The number of aryl methyl sites for hydroxylation is 1. The van der Waals surface area contributed by atoms with Gasteiger partial charge in [-0.15, -0.1) is 0 Å². The van der Waals surface area contributed by atoms with Crippen molar-refractivity contribution in [2.45, 2.75) is 25.7 Å². The van der Waals surface area contributed by atoms with Crippen LogP contribution in [0.3, 0.4) is 0 Å². The van der Waals surface area contributed by atoms with Gasteiger partial charge in [-0.05, 0) is 38.0 Å². The van der Waals surface area contributed by atoms with Crippen LogP contribution in [0.25, 0.3) is 0 Å². The van der Waals surface area contributed by atoms with Crippen molar-refractivity contribution in [1.82, 2.24) is 24.9 Å². The first-order valence-electron chi connectivity index (χ1n) is 8.83. The molecule has 4 rings (SSSR count). The Morgan fingerprint density at radius 2 is 1.85 bits per heavy atom. The lowest BCUT2D eigenvalue weighted by Gasteiger charge is -2.32. The highest BCUT2D eigenvalue weighted by atomic mass is 15.3. The van der Waals surface area contributed by atoms with E-state index in [4.69, 9.17) is 0 Å². The van der Waals surface area contributed by atoms with E-state index in [1.807, 2.05) is 31.2 Å². The monoisotopic (exact) mass is 347 g/mol. The summed E-state index contributed by atoms with van der Waals surface area (Å²) in [7, 11) is 0. The summed E-state index contributed by atoms with van der Waals surface area (Å²) in [5, 5.41) is 3.33. The van der Waals surface area contributed by atoms with Crippen LogP contribution >= 0.6 is 0 Å². The zero-order chi connectivity index (χ0) is 17.8. The first kappa shape index (κ1) is 16.4. The summed E-state index contributed by atoms with van der Waals surface area (Å²) >= 11 is 0. The van der Waals surface area contributed by atoms with Crippen LogP contribution in [0.1, 0.15) is 30.1 Å². The molecule has 3 aromatic rings. The van der Waals surface area contributed by atoms with E-state index < -0.39 is 0 Å². The third kappa shape index (κ3) is 3.61. The summed E-state index contributed by atoms with van der Waals surface area (Å²) in [6.07, 6.45) is 9.17. The minimum atomic E-state index is 0.272. The fourth-order valence-electron chi connectivity index (χ4n) is 3.31. The summed E-state index contributed by atoms with van der Waals surface area (Å²) in [4.78, 5) is 24.6. The minimum absolute atomic E-state index is 0.272. The minimum Gasteiger partial charge on any atom is -0.340 e. The van der Waals surface area contributed by atoms with Crippen LogP contribution in [0.2, 0.25) is 0 Å². The highest BCUT2D eigenvalue weighted by molar-refractivity contribution is 5.55. The highest BCUT2D eigenvalue weighted by Gasteiger charge is 2.26. The number of aromatic nitrogens is 5. The van der Waals surface area contributed by atoms with Gasteiger partial charge in [-0.3, -0.25) is 4.98 Å². The maximum absolute atomic E-state index is 4.63. The number of nitrogens with zero attached hydrogens (tertiary/aromatic N) is 6. The molecule has 0 amide bonds. The molecule has 0 bridgehead atoms. The summed E-state index contributed by atoms with van der Waals surface area (Å²) in [5.41, 5.74) is 1.93. The van der Waals surface area contributed by atoms with Gasteiger partial charge in [-0.1, -0.05) is 6.07 Å². The van der Waals surface area contributed by atoms with Crippen LogP contribution in [-0.4, -0.2) is 38.0 Å². The van der Waals surface area contributed by atoms with Crippen molar-refractivity contribution < 1.29 is 0 Å². The molecule has 3 aromatic heterocycles. The van der Waals surface area contributed by atoms with E-state index in [0.717, 1.165) is 54.9 Å². The Bertz CT molecular complexity index is 869. The van der Waals surface area contributed by atoms with Crippen molar-refractivity contribution in [1.29, 1.82) is 0 Å². The topological polar surface area (TPSA) is 79.7 Å². The Kier molecular flexibility index (Phi) is 4.68. The number of nitrogens with one attached hydrogen (secondary N) is 1. The highest BCUT2D eigenvalue weighted by Crippen LogP contribution is 2.31. The molecule has 26 heavy (non-hydrogen) atoms. The largest absolute Gasteiger partial charge is 0.340 e. The lowest BCUT2D eigenvalue weighted by atomic mass is 9.94. The molecule has 0 radical (unpaired) electrons. The zero-order valence-corrected chi connectivity index (χ0v) is 14.7. The van der Waals surface area contributed by atoms with Gasteiger partial charge in [0.15, 0.2) is 5.82 Å². The molecule has 0 spiro atoms. The maximum Gasteiger partial charge on any atom is 0.225 e. The van der Waals surface area contributed by atoms with Crippen molar-refractivity contribution in [3.8, 4) is 0 Å². The molecule has 0 unspecified atom stereocenters. The van der Waals surface area contributed by atoms with E-state index in [0.29, 0.717) is 0 Å². The Labute approximate surface area is 152 Å². The summed E-state index contributed by atoms with van der Waals surface area (Å²) < 4.78 is 0. The van der Waals surface area contributed by atoms with Crippen LogP contribution in [0.15, 0.2) is 49.1 Å². The van der Waals surface area contributed by atoms with E-state index in [9.17, 15) is 0 Å². The predicted octanol–water partition coefficient (Wildman–Crippen LogP) is 3.10. The van der Waals surface area contributed by atoms with Gasteiger partial charge in [0.2, 0.25) is 5.95 Å². The van der Waals surface area contributed by atoms with Crippen molar-refractivity contribution in [3.63, 3.8) is 0 Å². The molecule has 1 saturated heterocycles. The van der Waals surface area contributed by atoms with Gasteiger partial charge in [-0.25, -0.2) is 19.9 Å². The molecule has 0 saturated carbocycles. The van der Waals surface area contributed by atoms with Crippen molar-refractivity contribution in [3.05, 3.63) is 60.4 Å². The molecular formula is C19H21N7. The van der Waals surface area contributed by atoms with E-state index >= 15 is 0 Å². The first-order chi connectivity index (χ1) is 12.8. The van der Waals surface area contributed by atoms with Gasteiger partial charge in [0.25, 0.3) is 0 Å². The second kappa shape index (κ2) is 7.43. The Balaban J connectivity index is 1.57. The van der Waals surface area contributed by atoms with Gasteiger partial charge >= 0.3 is 0 Å². The molecule has 1 atom stereocenters. The summed E-state index contributed by atoms with van der Waals surface area (Å²) in [6, 6.07) is 7.73. The van der Waals surface area contributed by atoms with Crippen LogP contribution < -0.4 is 10.2 Å². The lowest BCUT2D eigenvalue weighted by Crippen LogP contribution is -2.36. The molecule has 1 N–H and O–H groups in total. The number of hydrogen-bond donors (Lipinski definition) is 1. The van der Waals surface area contributed by atoms with Gasteiger partial charge in [0, 0.05) is 49.5 Å². The molecule has 1 aliphatic heterocycles. The quantitative estimate of drug-likeness (QED) is 0.777. The molecule has 7 heteroatoms. The molecule has 0 aliphatic carbocycles. The van der Waals surface area contributed by atoms with Crippen molar-refractivity contribution >= 4 is 17.6 Å². The number of anilines is 3. The normalized spacial score (nSPS) is 17.1. The molecular weight excluding hydrogens is 326 g/mol. The van der Waals surface area contributed by atoms with Crippen LogP contribution in [0.5, 0.6) is 0 Å². The van der Waals surface area contributed by atoms with Crippen LogP contribution in [0, 0.1) is 6.92 Å². The number of pyridine rings is 1. The summed E-state index contributed by atoms with van der Waals surface area (Å²) in [5.74, 6) is 2.60. The van der Waals surface area contributed by atoms with Gasteiger partial charge in [-0.2, -0.15) is 0 Å². The average Bonchev–Trinajstić information content (AvgIpc) is 2.69. The third-order valence-corrected chi connectivity index (χ3v) is 4.50. The summed E-state index contributed by atoms with van der Waals surface area (Å²) in [6.45, 7) is 3.77. The fraction of sp³-hybridized carbons (Fsp3) is 0.316. The van der Waals surface area contributed by atoms with Crippen LogP contribution in [0.4, 0.5) is 17.6 Å². The van der Waals surface area contributed by atoms with E-state index in [-0.39, 0.29) is 5.92 Å². The second-order valence-electron chi connectivity index (χ2n) is 6.41. The molecule has 0 aromatic carbocycles. The van der Waals surface area contributed by atoms with Crippen molar-refractivity contribution in [2.75, 3.05) is 23.3 Å². The van der Waals surface area contributed by atoms with Gasteiger partial charge in [0.1, 0.15) is 5.82 Å². The first-order valence-corrected chi connectivity index (χ1v) is 8.83. The molecule has 7 nitrogen and oxygen atoms in total. The fourth-order valence-corrected chi connectivity index (χ4v) is 3.31. The van der Waals surface area contributed by atoms with Crippen LogP contribution in [-0.2, 0) is 0 Å². The molecule has 4 heterocycles. The second-order valence-corrected chi connectivity index (χ2v) is 6.41. The number of rotatable bonds is 4. The standard InChI is InChI=1S/C19H21N7/c1-14-5-2-7-16(24-14)25-18-17(20-10-11-21-18)15-6-3-12-26(13-15)19-22-8-4-9-23-19/h2,4-5,7-11,15H,3,6,12-13H2,1H3,(H,21,24,25)/t15-/m0/s1. The Morgan fingerprint density at radius 1 is 1.00 bits per heavy atom. The number of piperidine rings is 1. The average molecular weight is 347 g/mol. The van der Waals surface area contributed by atoms with Gasteiger partial charge in [0.05, 0.1) is 5.69 Å². The van der Waals surface area contributed by atoms with Crippen molar-refractivity contribution in [2.24, 2.45) is 0 Å². The molecule has 1 fully saturated rings. The third-order valence-electron chi connectivity index (χ3n) is 4.50. The van der Waals surface area contributed by atoms with E-state index in [2.05, 4.69) is 35.1 Å². The Hall–Kier alpha value is -3.09. The number of hydrogen-bond acceptors (Lipinski definition) is 7. The van der Waals surface area contributed by atoms with E-state index in [1.54, 1.807) is 24.8 Å². The van der Waals surface area contributed by atoms with Gasteiger partial charge < -0.3 is 10.2 Å². The molecule has 132 valence electrons. The lowest BCUT2D eigenvalue weighted by molar-refractivity contribution is 0.495. The van der Waals surface area contributed by atoms with E-state index in [1.165, 1.54) is 0 Å². The Morgan fingerprint density at radius 3 is 2.69 bits per heavy atom. The SMILES string of the molecule is Cc1cccc(Nc2nccnc2[C@H]2CCCN(c3ncccn3)C2)n1. The molecule has 1 aliphatic rings. The maximum atomic E-state index is 4.63.